The van der Waals surface area contributed by atoms with Gasteiger partial charge in [-0.25, -0.2) is 0 Å². The number of amides is 1. The molecule has 98 valence electrons. The Morgan fingerprint density at radius 2 is 2.33 bits per heavy atom. The fraction of sp³-hybridized carbons (Fsp3) is 0.533. The zero-order valence-corrected chi connectivity index (χ0v) is 11.0. The molecule has 0 bridgehead atoms. The van der Waals surface area contributed by atoms with E-state index in [-0.39, 0.29) is 11.9 Å². The Bertz CT molecular complexity index is 397. The average molecular weight is 246 g/mol. The first kappa shape index (κ1) is 13.1. The highest BCUT2D eigenvalue weighted by Crippen LogP contribution is 2.07. The number of nitrogens with one attached hydrogen (secondary N) is 2. The first-order valence-electron chi connectivity index (χ1n) is 6.82. The lowest BCUT2D eigenvalue weighted by molar-refractivity contribution is -0.123. The normalized spacial score (nSPS) is 19.5. The van der Waals surface area contributed by atoms with Gasteiger partial charge in [0, 0.05) is 6.54 Å². The second-order valence-electron chi connectivity index (χ2n) is 5.03. The Morgan fingerprint density at radius 1 is 1.44 bits per heavy atom. The van der Waals surface area contributed by atoms with Crippen LogP contribution in [0.1, 0.15) is 30.4 Å². The molecule has 0 saturated carbocycles. The van der Waals surface area contributed by atoms with E-state index in [0.717, 1.165) is 32.4 Å². The third-order valence-corrected chi connectivity index (χ3v) is 3.42. The van der Waals surface area contributed by atoms with Crippen molar-refractivity contribution < 1.29 is 4.79 Å². The summed E-state index contributed by atoms with van der Waals surface area (Å²) in [5.74, 6) is 0.155. The van der Waals surface area contributed by atoms with Gasteiger partial charge in [0.2, 0.25) is 5.91 Å². The summed E-state index contributed by atoms with van der Waals surface area (Å²) < 4.78 is 0. The Labute approximate surface area is 109 Å². The third-order valence-electron chi connectivity index (χ3n) is 3.42. The van der Waals surface area contributed by atoms with Gasteiger partial charge >= 0.3 is 0 Å². The zero-order valence-electron chi connectivity index (χ0n) is 11.0. The van der Waals surface area contributed by atoms with Gasteiger partial charge in [0.25, 0.3) is 0 Å². The zero-order chi connectivity index (χ0) is 12.8. The van der Waals surface area contributed by atoms with Crippen LogP contribution in [0.25, 0.3) is 0 Å². The quantitative estimate of drug-likeness (QED) is 0.850. The van der Waals surface area contributed by atoms with E-state index in [1.807, 2.05) is 0 Å². The molecule has 18 heavy (non-hydrogen) atoms. The molecular weight excluding hydrogens is 224 g/mol. The van der Waals surface area contributed by atoms with Crippen molar-refractivity contribution in [1.82, 2.24) is 10.6 Å². The Hall–Kier alpha value is -1.35. The molecule has 0 spiro atoms. The maximum Gasteiger partial charge on any atom is 0.237 e. The molecule has 1 aliphatic rings. The maximum atomic E-state index is 11.9. The van der Waals surface area contributed by atoms with E-state index in [4.69, 9.17) is 0 Å². The van der Waals surface area contributed by atoms with Crippen molar-refractivity contribution >= 4 is 5.91 Å². The number of rotatable bonds is 4. The van der Waals surface area contributed by atoms with E-state index in [9.17, 15) is 4.79 Å². The van der Waals surface area contributed by atoms with Crippen molar-refractivity contribution in [3.63, 3.8) is 0 Å². The summed E-state index contributed by atoms with van der Waals surface area (Å²) in [6.07, 6.45) is 4.21. The van der Waals surface area contributed by atoms with Crippen molar-refractivity contribution in [2.45, 2.75) is 38.6 Å². The highest BCUT2D eigenvalue weighted by molar-refractivity contribution is 5.81. The summed E-state index contributed by atoms with van der Waals surface area (Å²) in [5, 5.41) is 6.28. The van der Waals surface area contributed by atoms with Gasteiger partial charge in [0.1, 0.15) is 0 Å². The predicted octanol–water partition coefficient (Wildman–Crippen LogP) is 1.80. The number of piperidine rings is 1. The molecule has 0 radical (unpaired) electrons. The largest absolute Gasteiger partial charge is 0.354 e. The van der Waals surface area contributed by atoms with Crippen LogP contribution in [-0.2, 0) is 11.2 Å². The highest BCUT2D eigenvalue weighted by atomic mass is 16.2. The van der Waals surface area contributed by atoms with Crippen LogP contribution in [-0.4, -0.2) is 25.0 Å². The minimum atomic E-state index is 0.0243. The van der Waals surface area contributed by atoms with E-state index in [1.54, 1.807) is 0 Å². The van der Waals surface area contributed by atoms with Crippen molar-refractivity contribution in [3.8, 4) is 0 Å². The molecule has 1 heterocycles. The second kappa shape index (κ2) is 6.55. The highest BCUT2D eigenvalue weighted by Gasteiger charge is 2.19. The number of carbonyl (C=O) groups is 1. The monoisotopic (exact) mass is 246 g/mol. The summed E-state index contributed by atoms with van der Waals surface area (Å²) in [6.45, 7) is 3.78. The lowest BCUT2D eigenvalue weighted by atomic mass is 10.0. The van der Waals surface area contributed by atoms with E-state index in [1.165, 1.54) is 17.5 Å². The topological polar surface area (TPSA) is 41.1 Å². The summed E-state index contributed by atoms with van der Waals surface area (Å²) in [7, 11) is 0. The summed E-state index contributed by atoms with van der Waals surface area (Å²) in [4.78, 5) is 11.9. The molecule has 2 rings (SSSR count). The molecule has 1 amide bonds. The van der Waals surface area contributed by atoms with Gasteiger partial charge < -0.3 is 10.6 Å². The van der Waals surface area contributed by atoms with Crippen molar-refractivity contribution in [1.29, 1.82) is 0 Å². The van der Waals surface area contributed by atoms with Crippen LogP contribution >= 0.6 is 0 Å². The lowest BCUT2D eigenvalue weighted by Crippen LogP contribution is -2.47. The smallest absolute Gasteiger partial charge is 0.237 e. The Balaban J connectivity index is 1.73. The molecule has 1 aromatic carbocycles. The molecular formula is C15H22N2O. The van der Waals surface area contributed by atoms with Crippen LogP contribution in [0.4, 0.5) is 0 Å². The number of benzene rings is 1. The van der Waals surface area contributed by atoms with Gasteiger partial charge in [-0.15, -0.1) is 0 Å². The summed E-state index contributed by atoms with van der Waals surface area (Å²) in [6, 6.07) is 8.46. The number of carbonyl (C=O) groups excluding carboxylic acids is 1. The molecule has 0 aliphatic carbocycles. The Morgan fingerprint density at radius 3 is 3.06 bits per heavy atom. The molecule has 1 aromatic rings. The standard InChI is InChI=1S/C15H22N2O/c1-12-5-4-6-13(11-12)8-10-17-15(18)14-7-2-3-9-16-14/h4-6,11,14,16H,2-3,7-10H2,1H3,(H,17,18)/t14-/m0/s1. The first-order valence-corrected chi connectivity index (χ1v) is 6.82. The molecule has 0 aromatic heterocycles. The summed E-state index contributed by atoms with van der Waals surface area (Å²) in [5.41, 5.74) is 2.56. The fourth-order valence-corrected chi connectivity index (χ4v) is 2.40. The van der Waals surface area contributed by atoms with E-state index >= 15 is 0 Å². The number of aryl methyl sites for hydroxylation is 1. The molecule has 1 fully saturated rings. The van der Waals surface area contributed by atoms with E-state index < -0.39 is 0 Å². The van der Waals surface area contributed by atoms with Gasteiger partial charge in [-0.05, 0) is 38.3 Å². The van der Waals surface area contributed by atoms with Crippen molar-refractivity contribution in [3.05, 3.63) is 35.4 Å². The number of hydrogen-bond acceptors (Lipinski definition) is 2. The SMILES string of the molecule is Cc1cccc(CCNC(=O)[C@@H]2CCCCN2)c1. The van der Waals surface area contributed by atoms with Crippen LogP contribution in [0.3, 0.4) is 0 Å². The molecule has 0 unspecified atom stereocenters. The predicted molar refractivity (Wildman–Crippen MR) is 73.5 cm³/mol. The van der Waals surface area contributed by atoms with Crippen LogP contribution in [0, 0.1) is 6.92 Å². The van der Waals surface area contributed by atoms with Crippen molar-refractivity contribution in [2.75, 3.05) is 13.1 Å². The van der Waals surface area contributed by atoms with Crippen LogP contribution < -0.4 is 10.6 Å². The summed E-state index contributed by atoms with van der Waals surface area (Å²) >= 11 is 0. The van der Waals surface area contributed by atoms with Gasteiger partial charge in [-0.1, -0.05) is 36.2 Å². The maximum absolute atomic E-state index is 11.9. The van der Waals surface area contributed by atoms with Gasteiger partial charge in [-0.3, -0.25) is 4.79 Å². The number of hydrogen-bond donors (Lipinski definition) is 2. The molecule has 1 aliphatic heterocycles. The fourth-order valence-electron chi connectivity index (χ4n) is 2.40. The Kier molecular flexibility index (Phi) is 4.76. The van der Waals surface area contributed by atoms with Crippen LogP contribution in [0.2, 0.25) is 0 Å². The molecule has 1 atom stereocenters. The van der Waals surface area contributed by atoms with Crippen molar-refractivity contribution in [2.24, 2.45) is 0 Å². The van der Waals surface area contributed by atoms with Gasteiger partial charge in [-0.2, -0.15) is 0 Å². The van der Waals surface area contributed by atoms with Gasteiger partial charge in [0.05, 0.1) is 6.04 Å². The first-order chi connectivity index (χ1) is 8.75. The minimum absolute atomic E-state index is 0.0243. The molecule has 1 saturated heterocycles. The van der Waals surface area contributed by atoms with Crippen LogP contribution in [0.5, 0.6) is 0 Å². The minimum Gasteiger partial charge on any atom is -0.354 e. The molecule has 2 N–H and O–H groups in total. The second-order valence-corrected chi connectivity index (χ2v) is 5.03. The lowest BCUT2D eigenvalue weighted by Gasteiger charge is -2.22. The molecule has 3 nitrogen and oxygen atoms in total. The van der Waals surface area contributed by atoms with E-state index in [2.05, 4.69) is 41.8 Å². The van der Waals surface area contributed by atoms with E-state index in [0.29, 0.717) is 0 Å². The van der Waals surface area contributed by atoms with Crippen LogP contribution in [0.15, 0.2) is 24.3 Å². The third kappa shape index (κ3) is 3.84. The van der Waals surface area contributed by atoms with Gasteiger partial charge in [0.15, 0.2) is 0 Å². The average Bonchev–Trinajstić information content (AvgIpc) is 2.40. The molecule has 3 heteroatoms.